The van der Waals surface area contributed by atoms with E-state index in [-0.39, 0.29) is 13.2 Å². The summed E-state index contributed by atoms with van der Waals surface area (Å²) in [6, 6.07) is 5.23. The summed E-state index contributed by atoms with van der Waals surface area (Å²) < 4.78 is 15.8. The van der Waals surface area contributed by atoms with Gasteiger partial charge >= 0.3 is 0 Å². The van der Waals surface area contributed by atoms with Gasteiger partial charge < -0.3 is 19.1 Å². The molecule has 2 rings (SSSR count). The smallest absolute Gasteiger partial charge is 0.264 e. The van der Waals surface area contributed by atoms with Crippen LogP contribution in [-0.4, -0.2) is 22.4 Å². The Morgan fingerprint density at radius 2 is 2.16 bits per heavy atom. The molecule has 102 valence electrons. The van der Waals surface area contributed by atoms with Crippen molar-refractivity contribution >= 4 is 0 Å². The largest absolute Gasteiger partial charge is 0.493 e. The van der Waals surface area contributed by atoms with E-state index < -0.39 is 0 Å². The Labute approximate surface area is 111 Å². The number of aliphatic hydroxyl groups excluding tert-OH is 1. The van der Waals surface area contributed by atoms with E-state index in [9.17, 15) is 0 Å². The number of hydrogen-bond acceptors (Lipinski definition) is 6. The van der Waals surface area contributed by atoms with Crippen LogP contribution < -0.4 is 9.47 Å². The summed E-state index contributed by atoms with van der Waals surface area (Å²) >= 11 is 0. The van der Waals surface area contributed by atoms with E-state index >= 15 is 0 Å². The van der Waals surface area contributed by atoms with E-state index in [1.807, 2.05) is 6.92 Å². The molecular weight excluding hydrogens is 248 g/mol. The third-order valence-corrected chi connectivity index (χ3v) is 2.59. The van der Waals surface area contributed by atoms with Crippen LogP contribution in [-0.2, 0) is 19.6 Å². The van der Waals surface area contributed by atoms with Crippen molar-refractivity contribution in [1.29, 1.82) is 0 Å². The number of aryl methyl sites for hydroxylation is 1. The summed E-state index contributed by atoms with van der Waals surface area (Å²) in [4.78, 5) is 4.15. The van der Waals surface area contributed by atoms with E-state index in [0.717, 1.165) is 5.56 Å². The van der Waals surface area contributed by atoms with Gasteiger partial charge in [-0.05, 0) is 17.7 Å². The van der Waals surface area contributed by atoms with Gasteiger partial charge in [0.15, 0.2) is 23.9 Å². The third-order valence-electron chi connectivity index (χ3n) is 2.59. The molecule has 0 spiro atoms. The van der Waals surface area contributed by atoms with Gasteiger partial charge in [-0.25, -0.2) is 0 Å². The maximum absolute atomic E-state index is 9.11. The Hall–Kier alpha value is -2.08. The van der Waals surface area contributed by atoms with Crippen molar-refractivity contribution < 1.29 is 19.1 Å². The van der Waals surface area contributed by atoms with Gasteiger partial charge in [-0.2, -0.15) is 4.98 Å². The monoisotopic (exact) mass is 264 g/mol. The van der Waals surface area contributed by atoms with Crippen LogP contribution in [0, 0.1) is 0 Å². The molecule has 0 saturated heterocycles. The fourth-order valence-corrected chi connectivity index (χ4v) is 1.56. The second kappa shape index (κ2) is 6.19. The first-order valence-corrected chi connectivity index (χ1v) is 5.98. The molecule has 1 aromatic heterocycles. The molecule has 0 aliphatic carbocycles. The van der Waals surface area contributed by atoms with Crippen LogP contribution in [0.15, 0.2) is 22.7 Å². The van der Waals surface area contributed by atoms with E-state index in [4.69, 9.17) is 19.1 Å². The van der Waals surface area contributed by atoms with Crippen molar-refractivity contribution in [2.24, 2.45) is 0 Å². The number of aromatic nitrogens is 2. The zero-order chi connectivity index (χ0) is 13.7. The number of hydrogen-bond donors (Lipinski definition) is 1. The minimum atomic E-state index is -0.0547. The molecular formula is C13H16N2O4. The summed E-state index contributed by atoms with van der Waals surface area (Å²) in [5.74, 6) is 2.18. The molecule has 0 aliphatic rings. The van der Waals surface area contributed by atoms with Crippen LogP contribution in [0.2, 0.25) is 0 Å². The normalized spacial score (nSPS) is 10.5. The van der Waals surface area contributed by atoms with Crippen LogP contribution in [0.25, 0.3) is 0 Å². The van der Waals surface area contributed by atoms with Crippen molar-refractivity contribution in [2.75, 3.05) is 7.11 Å². The van der Waals surface area contributed by atoms with Crippen LogP contribution in [0.5, 0.6) is 11.5 Å². The summed E-state index contributed by atoms with van der Waals surface area (Å²) in [6.45, 7) is 2.06. The Morgan fingerprint density at radius 1 is 1.32 bits per heavy atom. The van der Waals surface area contributed by atoms with Crippen LogP contribution in [0.3, 0.4) is 0 Å². The first-order valence-electron chi connectivity index (χ1n) is 5.98. The predicted molar refractivity (Wildman–Crippen MR) is 66.9 cm³/mol. The van der Waals surface area contributed by atoms with Gasteiger partial charge in [0.2, 0.25) is 0 Å². The van der Waals surface area contributed by atoms with Gasteiger partial charge in [-0.3, -0.25) is 0 Å². The Kier molecular flexibility index (Phi) is 4.35. The predicted octanol–water partition coefficient (Wildman–Crippen LogP) is 1.71. The zero-order valence-electron chi connectivity index (χ0n) is 10.9. The molecule has 19 heavy (non-hydrogen) atoms. The lowest BCUT2D eigenvalue weighted by Crippen LogP contribution is -1.99. The molecule has 0 aliphatic heterocycles. The minimum absolute atomic E-state index is 0.0547. The van der Waals surface area contributed by atoms with E-state index in [2.05, 4.69) is 10.1 Å². The molecule has 0 saturated carbocycles. The quantitative estimate of drug-likeness (QED) is 0.855. The Bertz CT molecular complexity index is 539. The van der Waals surface area contributed by atoms with Gasteiger partial charge in [0.25, 0.3) is 5.89 Å². The number of aliphatic hydroxyl groups is 1. The maximum Gasteiger partial charge on any atom is 0.264 e. The Morgan fingerprint density at radius 3 is 2.79 bits per heavy atom. The SMILES string of the molecule is CCc1noc(COc2cc(CO)ccc2OC)n1. The summed E-state index contributed by atoms with van der Waals surface area (Å²) in [6.07, 6.45) is 0.715. The standard InChI is InChI=1S/C13H16N2O4/c1-3-12-14-13(19-15-12)8-18-11-6-9(7-16)4-5-10(11)17-2/h4-6,16H,3,7-8H2,1-2H3. The highest BCUT2D eigenvalue weighted by atomic mass is 16.5. The zero-order valence-corrected chi connectivity index (χ0v) is 10.9. The molecule has 6 nitrogen and oxygen atoms in total. The molecule has 0 atom stereocenters. The Balaban J connectivity index is 2.09. The highest BCUT2D eigenvalue weighted by molar-refractivity contribution is 5.42. The molecule has 0 bridgehead atoms. The maximum atomic E-state index is 9.11. The lowest BCUT2D eigenvalue weighted by Gasteiger charge is -2.10. The highest BCUT2D eigenvalue weighted by Crippen LogP contribution is 2.28. The minimum Gasteiger partial charge on any atom is -0.493 e. The molecule has 0 radical (unpaired) electrons. The molecule has 1 N–H and O–H groups in total. The topological polar surface area (TPSA) is 77.6 Å². The fourth-order valence-electron chi connectivity index (χ4n) is 1.56. The van der Waals surface area contributed by atoms with Crippen LogP contribution >= 0.6 is 0 Å². The molecule has 1 heterocycles. The number of rotatable bonds is 6. The lowest BCUT2D eigenvalue weighted by atomic mass is 10.2. The van der Waals surface area contributed by atoms with E-state index in [1.165, 1.54) is 0 Å². The van der Waals surface area contributed by atoms with Crippen LogP contribution in [0.1, 0.15) is 24.2 Å². The average molecular weight is 264 g/mol. The first kappa shape index (κ1) is 13.4. The molecule has 0 fully saturated rings. The highest BCUT2D eigenvalue weighted by Gasteiger charge is 2.09. The molecule has 2 aromatic rings. The number of benzene rings is 1. The van der Waals surface area contributed by atoms with Crippen LogP contribution in [0.4, 0.5) is 0 Å². The summed E-state index contributed by atoms with van der Waals surface area (Å²) in [5.41, 5.74) is 0.746. The molecule has 1 aromatic carbocycles. The number of nitrogens with zero attached hydrogens (tertiary/aromatic N) is 2. The summed E-state index contributed by atoms with van der Waals surface area (Å²) in [7, 11) is 1.56. The second-order valence-electron chi connectivity index (χ2n) is 3.89. The van der Waals surface area contributed by atoms with Crippen molar-refractivity contribution in [3.8, 4) is 11.5 Å². The van der Waals surface area contributed by atoms with Gasteiger partial charge in [0.05, 0.1) is 13.7 Å². The third kappa shape index (κ3) is 3.23. The van der Waals surface area contributed by atoms with Gasteiger partial charge in [0.1, 0.15) is 0 Å². The fraction of sp³-hybridized carbons (Fsp3) is 0.385. The van der Waals surface area contributed by atoms with Gasteiger partial charge in [-0.15, -0.1) is 0 Å². The summed E-state index contributed by atoms with van der Waals surface area (Å²) in [5, 5.41) is 12.9. The number of methoxy groups -OCH3 is 1. The average Bonchev–Trinajstić information content (AvgIpc) is 2.92. The first-order chi connectivity index (χ1) is 9.26. The van der Waals surface area contributed by atoms with Gasteiger partial charge in [-0.1, -0.05) is 18.1 Å². The molecule has 6 heteroatoms. The van der Waals surface area contributed by atoms with Crippen molar-refractivity contribution in [2.45, 2.75) is 26.6 Å². The second-order valence-corrected chi connectivity index (χ2v) is 3.89. The van der Waals surface area contributed by atoms with Gasteiger partial charge in [0, 0.05) is 6.42 Å². The lowest BCUT2D eigenvalue weighted by molar-refractivity contribution is 0.231. The molecule has 0 amide bonds. The van der Waals surface area contributed by atoms with Crippen molar-refractivity contribution in [3.63, 3.8) is 0 Å². The van der Waals surface area contributed by atoms with Crippen molar-refractivity contribution in [3.05, 3.63) is 35.5 Å². The van der Waals surface area contributed by atoms with E-state index in [0.29, 0.717) is 29.6 Å². The van der Waals surface area contributed by atoms with Crippen molar-refractivity contribution in [1.82, 2.24) is 10.1 Å². The van der Waals surface area contributed by atoms with E-state index in [1.54, 1.807) is 25.3 Å². The number of ether oxygens (including phenoxy) is 2. The molecule has 0 unspecified atom stereocenters.